The van der Waals surface area contributed by atoms with Gasteiger partial charge in [0.25, 0.3) is 0 Å². The van der Waals surface area contributed by atoms with Crippen molar-refractivity contribution in [3.8, 4) is 11.3 Å². The first kappa shape index (κ1) is 14.0. The van der Waals surface area contributed by atoms with Gasteiger partial charge in [0.1, 0.15) is 5.65 Å². The van der Waals surface area contributed by atoms with Crippen LogP contribution in [0.25, 0.3) is 16.9 Å². The summed E-state index contributed by atoms with van der Waals surface area (Å²) in [5, 5.41) is 3.03. The predicted octanol–water partition coefficient (Wildman–Crippen LogP) is 4.05. The molecule has 0 spiro atoms. The number of carbonyl (C=O) groups excluding carboxylic acids is 1. The van der Waals surface area contributed by atoms with Crippen LogP contribution in [0, 0.1) is 12.8 Å². The van der Waals surface area contributed by atoms with Crippen LogP contribution < -0.4 is 5.32 Å². The van der Waals surface area contributed by atoms with Crippen molar-refractivity contribution >= 4 is 17.2 Å². The van der Waals surface area contributed by atoms with Crippen LogP contribution in [0.1, 0.15) is 24.8 Å². The average Bonchev–Trinajstić information content (AvgIpc) is 2.91. The zero-order chi connectivity index (χ0) is 15.8. The molecular weight excluding hydrogens is 286 g/mol. The lowest BCUT2D eigenvalue weighted by atomic mass is 9.85. The first-order chi connectivity index (χ1) is 11.2. The fraction of sp³-hybridized carbons (Fsp3) is 0.263. The van der Waals surface area contributed by atoms with Crippen molar-refractivity contribution in [2.75, 3.05) is 5.32 Å². The number of pyridine rings is 1. The Kier molecular flexibility index (Phi) is 3.37. The molecule has 4 heteroatoms. The van der Waals surface area contributed by atoms with Crippen LogP contribution in [-0.2, 0) is 4.79 Å². The van der Waals surface area contributed by atoms with Gasteiger partial charge in [0, 0.05) is 29.6 Å². The van der Waals surface area contributed by atoms with E-state index in [1.165, 1.54) is 6.42 Å². The molecule has 1 fully saturated rings. The number of carbonyl (C=O) groups is 1. The van der Waals surface area contributed by atoms with Crippen LogP contribution in [0.3, 0.4) is 0 Å². The topological polar surface area (TPSA) is 46.4 Å². The van der Waals surface area contributed by atoms with E-state index in [2.05, 4.69) is 18.3 Å². The maximum absolute atomic E-state index is 12.1. The highest BCUT2D eigenvalue weighted by Gasteiger charge is 2.25. The molecule has 1 aliphatic carbocycles. The summed E-state index contributed by atoms with van der Waals surface area (Å²) in [4.78, 5) is 16.8. The third-order valence-corrected chi connectivity index (χ3v) is 4.58. The lowest BCUT2D eigenvalue weighted by molar-refractivity contribution is -0.122. The van der Waals surface area contributed by atoms with Crippen LogP contribution in [0.15, 0.2) is 48.8 Å². The molecule has 2 heterocycles. The van der Waals surface area contributed by atoms with E-state index in [-0.39, 0.29) is 11.8 Å². The number of imidazole rings is 1. The average molecular weight is 305 g/mol. The smallest absolute Gasteiger partial charge is 0.227 e. The molecule has 4 nitrogen and oxygen atoms in total. The van der Waals surface area contributed by atoms with E-state index in [4.69, 9.17) is 4.98 Å². The second-order valence-corrected chi connectivity index (χ2v) is 6.25. The van der Waals surface area contributed by atoms with E-state index < -0.39 is 0 Å². The minimum Gasteiger partial charge on any atom is -0.326 e. The van der Waals surface area contributed by atoms with E-state index in [0.29, 0.717) is 0 Å². The van der Waals surface area contributed by atoms with E-state index in [9.17, 15) is 4.79 Å². The summed E-state index contributed by atoms with van der Waals surface area (Å²) in [5.74, 6) is 0.329. The van der Waals surface area contributed by atoms with Crippen LogP contribution in [0.5, 0.6) is 0 Å². The Balaban J connectivity index is 1.64. The molecule has 116 valence electrons. The molecule has 0 aliphatic heterocycles. The Hall–Kier alpha value is -2.62. The molecule has 1 aliphatic rings. The number of aromatic nitrogens is 2. The Labute approximate surface area is 135 Å². The van der Waals surface area contributed by atoms with Crippen molar-refractivity contribution < 1.29 is 4.79 Å². The SMILES string of the molecule is Cc1cccn2cc(-c3cccc(NC(=O)C4CCC4)c3)nc12. The summed E-state index contributed by atoms with van der Waals surface area (Å²) >= 11 is 0. The van der Waals surface area contributed by atoms with Gasteiger partial charge in [0.05, 0.1) is 5.69 Å². The molecule has 1 saturated carbocycles. The zero-order valence-electron chi connectivity index (χ0n) is 13.1. The van der Waals surface area contributed by atoms with Crippen molar-refractivity contribution in [2.45, 2.75) is 26.2 Å². The van der Waals surface area contributed by atoms with Gasteiger partial charge < -0.3 is 9.72 Å². The van der Waals surface area contributed by atoms with Gasteiger partial charge in [-0.3, -0.25) is 4.79 Å². The van der Waals surface area contributed by atoms with Crippen molar-refractivity contribution in [2.24, 2.45) is 5.92 Å². The second-order valence-electron chi connectivity index (χ2n) is 6.25. The van der Waals surface area contributed by atoms with Crippen LogP contribution in [0.2, 0.25) is 0 Å². The van der Waals surface area contributed by atoms with E-state index in [0.717, 1.165) is 41.0 Å². The van der Waals surface area contributed by atoms with E-state index >= 15 is 0 Å². The number of hydrogen-bond donors (Lipinski definition) is 1. The summed E-state index contributed by atoms with van der Waals surface area (Å²) in [6.07, 6.45) is 7.21. The number of rotatable bonds is 3. The fourth-order valence-electron chi connectivity index (χ4n) is 2.96. The Morgan fingerprint density at radius 3 is 2.87 bits per heavy atom. The number of fused-ring (bicyclic) bond motifs is 1. The highest BCUT2D eigenvalue weighted by Crippen LogP contribution is 2.28. The molecule has 23 heavy (non-hydrogen) atoms. The minimum absolute atomic E-state index is 0.138. The molecule has 1 N–H and O–H groups in total. The molecule has 0 bridgehead atoms. The standard InChI is InChI=1S/C19H19N3O/c1-13-5-4-10-22-12-17(21-18(13)22)15-8-3-9-16(11-15)20-19(23)14-6-2-7-14/h3-5,8-12,14H,2,6-7H2,1H3,(H,20,23). The fourth-order valence-corrected chi connectivity index (χ4v) is 2.96. The minimum atomic E-state index is 0.138. The van der Waals surface area contributed by atoms with Gasteiger partial charge in [-0.1, -0.05) is 24.6 Å². The lowest BCUT2D eigenvalue weighted by Gasteiger charge is -2.24. The first-order valence-corrected chi connectivity index (χ1v) is 8.06. The number of aryl methyl sites for hydroxylation is 1. The van der Waals surface area contributed by atoms with Gasteiger partial charge in [0.15, 0.2) is 0 Å². The largest absolute Gasteiger partial charge is 0.326 e. The van der Waals surface area contributed by atoms with Gasteiger partial charge in [-0.15, -0.1) is 0 Å². The molecule has 0 unspecified atom stereocenters. The molecule has 1 aromatic carbocycles. The van der Waals surface area contributed by atoms with Gasteiger partial charge >= 0.3 is 0 Å². The molecule has 2 aromatic heterocycles. The van der Waals surface area contributed by atoms with Crippen LogP contribution >= 0.6 is 0 Å². The van der Waals surface area contributed by atoms with Gasteiger partial charge in [-0.2, -0.15) is 0 Å². The molecule has 1 amide bonds. The van der Waals surface area contributed by atoms with Crippen LogP contribution in [-0.4, -0.2) is 15.3 Å². The number of hydrogen-bond acceptors (Lipinski definition) is 2. The van der Waals surface area contributed by atoms with Crippen molar-refractivity contribution in [1.29, 1.82) is 0 Å². The van der Waals surface area contributed by atoms with Crippen molar-refractivity contribution in [1.82, 2.24) is 9.38 Å². The number of nitrogens with zero attached hydrogens (tertiary/aromatic N) is 2. The highest BCUT2D eigenvalue weighted by atomic mass is 16.1. The Bertz CT molecular complexity index is 877. The summed E-state index contributed by atoms with van der Waals surface area (Å²) in [6.45, 7) is 2.06. The maximum atomic E-state index is 12.1. The molecule has 3 aromatic rings. The maximum Gasteiger partial charge on any atom is 0.227 e. The Morgan fingerprint density at radius 1 is 1.26 bits per heavy atom. The number of nitrogens with one attached hydrogen (secondary N) is 1. The highest BCUT2D eigenvalue weighted by molar-refractivity contribution is 5.93. The van der Waals surface area contributed by atoms with Gasteiger partial charge in [-0.25, -0.2) is 4.98 Å². The lowest BCUT2D eigenvalue weighted by Crippen LogP contribution is -2.27. The van der Waals surface area contributed by atoms with Gasteiger partial charge in [0.2, 0.25) is 5.91 Å². The third-order valence-electron chi connectivity index (χ3n) is 4.58. The monoisotopic (exact) mass is 305 g/mol. The summed E-state index contributed by atoms with van der Waals surface area (Å²) < 4.78 is 2.03. The summed E-state index contributed by atoms with van der Waals surface area (Å²) in [6, 6.07) is 12.0. The summed E-state index contributed by atoms with van der Waals surface area (Å²) in [5.41, 5.74) is 4.88. The van der Waals surface area contributed by atoms with Crippen molar-refractivity contribution in [3.05, 3.63) is 54.4 Å². The molecule has 0 radical (unpaired) electrons. The van der Waals surface area contributed by atoms with E-state index in [1.54, 1.807) is 0 Å². The third kappa shape index (κ3) is 2.61. The Morgan fingerprint density at radius 2 is 2.13 bits per heavy atom. The first-order valence-electron chi connectivity index (χ1n) is 8.06. The van der Waals surface area contributed by atoms with Crippen LogP contribution in [0.4, 0.5) is 5.69 Å². The number of amides is 1. The van der Waals surface area contributed by atoms with Crippen molar-refractivity contribution in [3.63, 3.8) is 0 Å². The number of anilines is 1. The molecule has 0 atom stereocenters. The second kappa shape index (κ2) is 5.54. The quantitative estimate of drug-likeness (QED) is 0.793. The normalized spacial score (nSPS) is 14.7. The van der Waals surface area contributed by atoms with Gasteiger partial charge in [-0.05, 0) is 43.5 Å². The number of benzene rings is 1. The molecular formula is C19H19N3O. The predicted molar refractivity (Wildman–Crippen MR) is 91.3 cm³/mol. The summed E-state index contributed by atoms with van der Waals surface area (Å²) in [7, 11) is 0. The zero-order valence-corrected chi connectivity index (χ0v) is 13.1. The molecule has 0 saturated heterocycles. The van der Waals surface area contributed by atoms with E-state index in [1.807, 2.05) is 47.1 Å². The molecule has 4 rings (SSSR count).